The Kier molecular flexibility index (Phi) is 7.88. The van der Waals surface area contributed by atoms with Crippen molar-refractivity contribution in [2.45, 2.75) is 42.7 Å². The highest BCUT2D eigenvalue weighted by Crippen LogP contribution is 2.28. The molecule has 2 N–H and O–H groups in total. The number of sulfonamides is 1. The van der Waals surface area contributed by atoms with Crippen molar-refractivity contribution < 1.29 is 17.9 Å². The third-order valence-electron chi connectivity index (χ3n) is 5.82. The summed E-state index contributed by atoms with van der Waals surface area (Å²) in [6.45, 7) is -0.262. The van der Waals surface area contributed by atoms with Gasteiger partial charge < -0.3 is 10.1 Å². The molecule has 0 spiro atoms. The fourth-order valence-corrected chi connectivity index (χ4v) is 5.72. The van der Waals surface area contributed by atoms with Gasteiger partial charge in [0, 0.05) is 6.04 Å². The minimum Gasteiger partial charge on any atom is -0.482 e. The lowest BCUT2D eigenvalue weighted by Gasteiger charge is -2.20. The van der Waals surface area contributed by atoms with Crippen molar-refractivity contribution >= 4 is 27.5 Å². The molecule has 0 bridgehead atoms. The van der Waals surface area contributed by atoms with Gasteiger partial charge in [0.15, 0.2) is 6.61 Å². The lowest BCUT2D eigenvalue weighted by molar-refractivity contribution is -0.123. The van der Waals surface area contributed by atoms with Gasteiger partial charge >= 0.3 is 0 Å². The Balaban J connectivity index is 1.41. The summed E-state index contributed by atoms with van der Waals surface area (Å²) in [5, 5.41) is 3.13. The minimum atomic E-state index is -3.66. The maximum atomic E-state index is 12.7. The van der Waals surface area contributed by atoms with Gasteiger partial charge in [-0.1, -0.05) is 85.1 Å². The van der Waals surface area contributed by atoms with Crippen LogP contribution in [0.2, 0.25) is 5.02 Å². The van der Waals surface area contributed by atoms with Crippen molar-refractivity contribution in [3.8, 4) is 5.75 Å². The Hall–Kier alpha value is -2.87. The number of halogens is 1. The normalized spacial score (nSPS) is 14.3. The number of hydrogen-bond donors (Lipinski definition) is 2. The third-order valence-corrected chi connectivity index (χ3v) is 7.63. The van der Waals surface area contributed by atoms with Crippen LogP contribution in [0.3, 0.4) is 0 Å². The zero-order valence-electron chi connectivity index (χ0n) is 18.6. The molecule has 1 fully saturated rings. The van der Waals surface area contributed by atoms with Crippen LogP contribution in [0.1, 0.15) is 42.9 Å². The molecule has 4 rings (SSSR count). The van der Waals surface area contributed by atoms with Crippen molar-refractivity contribution in [3.05, 3.63) is 95.0 Å². The molecule has 3 aromatic carbocycles. The molecule has 3 aromatic rings. The maximum Gasteiger partial charge on any atom is 0.258 e. The molecule has 1 saturated carbocycles. The quantitative estimate of drug-likeness (QED) is 0.442. The molecule has 0 saturated heterocycles. The third kappa shape index (κ3) is 6.17. The number of carbonyl (C=O) groups excluding carboxylic acids is 1. The largest absolute Gasteiger partial charge is 0.482 e. The molecule has 0 heterocycles. The van der Waals surface area contributed by atoms with Crippen LogP contribution >= 0.6 is 11.6 Å². The Labute approximate surface area is 205 Å². The van der Waals surface area contributed by atoms with Crippen LogP contribution in [-0.4, -0.2) is 27.0 Å². The number of rotatable bonds is 9. The molecule has 0 atom stereocenters. The Morgan fingerprint density at radius 2 is 1.53 bits per heavy atom. The van der Waals surface area contributed by atoms with Gasteiger partial charge in [0.25, 0.3) is 5.91 Å². The molecule has 1 aliphatic carbocycles. The summed E-state index contributed by atoms with van der Waals surface area (Å²) in [5.74, 6) is -0.0824. The molecule has 1 amide bonds. The second kappa shape index (κ2) is 11.0. The van der Waals surface area contributed by atoms with Crippen molar-refractivity contribution in [1.82, 2.24) is 10.0 Å². The zero-order chi connectivity index (χ0) is 24.0. The van der Waals surface area contributed by atoms with Gasteiger partial charge in [0.2, 0.25) is 10.0 Å². The topological polar surface area (TPSA) is 84.5 Å². The van der Waals surface area contributed by atoms with E-state index in [0.29, 0.717) is 0 Å². The van der Waals surface area contributed by atoms with Gasteiger partial charge in [-0.25, -0.2) is 13.1 Å². The summed E-state index contributed by atoms with van der Waals surface area (Å²) < 4.78 is 33.6. The molecule has 178 valence electrons. The van der Waals surface area contributed by atoms with Gasteiger partial charge in [-0.05, 0) is 42.2 Å². The summed E-state index contributed by atoms with van der Waals surface area (Å²) in [6.07, 6.45) is 3.74. The summed E-state index contributed by atoms with van der Waals surface area (Å²) in [7, 11) is -3.66. The van der Waals surface area contributed by atoms with Crippen LogP contribution in [0.5, 0.6) is 5.75 Å². The van der Waals surface area contributed by atoms with Crippen molar-refractivity contribution in [2.75, 3.05) is 6.61 Å². The van der Waals surface area contributed by atoms with E-state index in [-0.39, 0.29) is 40.3 Å². The average Bonchev–Trinajstić information content (AvgIpc) is 3.35. The lowest BCUT2D eigenvalue weighted by atomic mass is 9.99. The van der Waals surface area contributed by atoms with E-state index in [0.717, 1.165) is 36.8 Å². The fraction of sp³-hybridized carbons (Fsp3) is 0.269. The van der Waals surface area contributed by atoms with Gasteiger partial charge in [-0.2, -0.15) is 0 Å². The van der Waals surface area contributed by atoms with Crippen molar-refractivity contribution in [1.29, 1.82) is 0 Å². The number of ether oxygens (including phenoxy) is 1. The zero-order valence-corrected chi connectivity index (χ0v) is 20.2. The predicted octanol–water partition coefficient (Wildman–Crippen LogP) is 4.85. The van der Waals surface area contributed by atoms with Crippen LogP contribution in [0.4, 0.5) is 0 Å². The van der Waals surface area contributed by atoms with Gasteiger partial charge in [0.1, 0.15) is 5.75 Å². The van der Waals surface area contributed by atoms with E-state index in [4.69, 9.17) is 16.3 Å². The number of amides is 1. The van der Waals surface area contributed by atoms with Crippen LogP contribution < -0.4 is 14.8 Å². The number of carbonyl (C=O) groups is 1. The summed E-state index contributed by atoms with van der Waals surface area (Å²) in [4.78, 5) is 12.8. The highest BCUT2D eigenvalue weighted by atomic mass is 35.5. The lowest BCUT2D eigenvalue weighted by Crippen LogP contribution is -2.33. The molecule has 0 unspecified atom stereocenters. The summed E-state index contributed by atoms with van der Waals surface area (Å²) in [5.41, 5.74) is 1.90. The summed E-state index contributed by atoms with van der Waals surface area (Å²) >= 11 is 6.28. The van der Waals surface area contributed by atoms with Crippen LogP contribution in [0, 0.1) is 0 Å². The van der Waals surface area contributed by atoms with Crippen molar-refractivity contribution in [2.24, 2.45) is 0 Å². The molecule has 0 aromatic heterocycles. The molecule has 0 aliphatic heterocycles. The van der Waals surface area contributed by atoms with Crippen LogP contribution in [-0.2, 0) is 14.8 Å². The first-order valence-corrected chi connectivity index (χ1v) is 13.1. The molecule has 8 heteroatoms. The van der Waals surface area contributed by atoms with E-state index in [1.165, 1.54) is 18.2 Å². The fourth-order valence-electron chi connectivity index (χ4n) is 4.09. The number of hydrogen-bond acceptors (Lipinski definition) is 4. The Morgan fingerprint density at radius 1 is 0.941 bits per heavy atom. The summed E-state index contributed by atoms with van der Waals surface area (Å²) in [6, 6.07) is 23.2. The number of benzene rings is 3. The molecule has 0 radical (unpaired) electrons. The highest BCUT2D eigenvalue weighted by molar-refractivity contribution is 7.89. The van der Waals surface area contributed by atoms with E-state index in [1.807, 2.05) is 60.7 Å². The van der Waals surface area contributed by atoms with E-state index in [1.54, 1.807) is 0 Å². The predicted molar refractivity (Wildman–Crippen MR) is 132 cm³/mol. The molecule has 6 nitrogen and oxygen atoms in total. The van der Waals surface area contributed by atoms with E-state index in [9.17, 15) is 13.2 Å². The van der Waals surface area contributed by atoms with E-state index in [2.05, 4.69) is 10.0 Å². The second-order valence-corrected chi connectivity index (χ2v) is 10.4. The smallest absolute Gasteiger partial charge is 0.258 e. The minimum absolute atomic E-state index is 0.0365. The first-order chi connectivity index (χ1) is 16.4. The van der Waals surface area contributed by atoms with Gasteiger partial charge in [0.05, 0.1) is 16.0 Å². The first-order valence-electron chi connectivity index (χ1n) is 11.3. The molecule has 1 aliphatic rings. The monoisotopic (exact) mass is 498 g/mol. The Bertz CT molecular complexity index is 1170. The molecule has 34 heavy (non-hydrogen) atoms. The van der Waals surface area contributed by atoms with Crippen molar-refractivity contribution in [3.63, 3.8) is 0 Å². The first kappa shape index (κ1) is 24.3. The molecular weight excluding hydrogens is 472 g/mol. The number of nitrogens with one attached hydrogen (secondary N) is 2. The van der Waals surface area contributed by atoms with Gasteiger partial charge in [-0.15, -0.1) is 0 Å². The van der Waals surface area contributed by atoms with Crippen LogP contribution in [0.25, 0.3) is 0 Å². The SMILES string of the molecule is O=C(COc1ccc(S(=O)(=O)NC2CCCC2)cc1Cl)NC(c1ccccc1)c1ccccc1. The standard InChI is InChI=1S/C26H27ClN2O4S/c27-23-17-22(34(31,32)29-21-13-7-8-14-21)15-16-24(23)33-18-25(30)28-26(19-9-3-1-4-10-19)20-11-5-2-6-12-20/h1-6,9-12,15-17,21,26,29H,7-8,13-14,18H2,(H,28,30). The highest BCUT2D eigenvalue weighted by Gasteiger charge is 2.24. The van der Waals surface area contributed by atoms with Crippen LogP contribution in [0.15, 0.2) is 83.8 Å². The molecular formula is C26H27ClN2O4S. The van der Waals surface area contributed by atoms with E-state index >= 15 is 0 Å². The maximum absolute atomic E-state index is 12.7. The van der Waals surface area contributed by atoms with Gasteiger partial charge in [-0.3, -0.25) is 4.79 Å². The van der Waals surface area contributed by atoms with E-state index < -0.39 is 10.0 Å². The Morgan fingerprint density at radius 3 is 2.09 bits per heavy atom. The average molecular weight is 499 g/mol. The second-order valence-electron chi connectivity index (χ2n) is 8.31.